The second-order valence-electron chi connectivity index (χ2n) is 5.56. The van der Waals surface area contributed by atoms with Gasteiger partial charge in [0.05, 0.1) is 0 Å². The molecule has 0 radical (unpaired) electrons. The van der Waals surface area contributed by atoms with E-state index < -0.39 is 0 Å². The molecule has 22 heavy (non-hydrogen) atoms. The van der Waals surface area contributed by atoms with E-state index in [1.165, 1.54) is 6.07 Å². The molecule has 0 atom stereocenters. The minimum atomic E-state index is -0.266. The van der Waals surface area contributed by atoms with Crippen LogP contribution in [0.4, 0.5) is 4.39 Å². The van der Waals surface area contributed by atoms with E-state index in [2.05, 4.69) is 10.2 Å². The van der Waals surface area contributed by atoms with Gasteiger partial charge in [-0.1, -0.05) is 17.7 Å². The predicted octanol–water partition coefficient (Wildman–Crippen LogP) is 2.12. The Labute approximate surface area is 136 Å². The number of nitrogens with zero attached hydrogens (tertiary/aromatic N) is 2. The molecule has 1 aliphatic rings. The number of piperazine rings is 1. The van der Waals surface area contributed by atoms with Crippen molar-refractivity contribution in [3.8, 4) is 0 Å². The Morgan fingerprint density at radius 3 is 2.68 bits per heavy atom. The molecule has 1 fully saturated rings. The van der Waals surface area contributed by atoms with Gasteiger partial charge in [0, 0.05) is 49.7 Å². The van der Waals surface area contributed by atoms with Crippen molar-refractivity contribution in [2.75, 3.05) is 39.8 Å². The van der Waals surface area contributed by atoms with E-state index in [9.17, 15) is 9.18 Å². The topological polar surface area (TPSA) is 35.6 Å². The quantitative estimate of drug-likeness (QED) is 0.813. The fraction of sp³-hybridized carbons (Fsp3) is 0.562. The monoisotopic (exact) mass is 327 g/mol. The molecule has 4 nitrogen and oxygen atoms in total. The fourth-order valence-electron chi connectivity index (χ4n) is 2.64. The first kappa shape index (κ1) is 17.2. The Morgan fingerprint density at radius 2 is 2.05 bits per heavy atom. The number of nitrogens with one attached hydrogen (secondary N) is 1. The van der Waals surface area contributed by atoms with Crippen LogP contribution in [0.25, 0.3) is 0 Å². The van der Waals surface area contributed by atoms with Crippen LogP contribution >= 0.6 is 11.6 Å². The van der Waals surface area contributed by atoms with E-state index in [-0.39, 0.29) is 11.7 Å². The smallest absolute Gasteiger partial charge is 0.222 e. The van der Waals surface area contributed by atoms with Crippen LogP contribution in [0.15, 0.2) is 18.2 Å². The molecule has 0 unspecified atom stereocenters. The van der Waals surface area contributed by atoms with Crippen molar-refractivity contribution < 1.29 is 9.18 Å². The van der Waals surface area contributed by atoms with E-state index in [4.69, 9.17) is 11.6 Å². The molecule has 0 aliphatic carbocycles. The van der Waals surface area contributed by atoms with Crippen LogP contribution in [0.5, 0.6) is 0 Å². The third kappa shape index (κ3) is 4.66. The second kappa shape index (κ2) is 8.46. The lowest BCUT2D eigenvalue weighted by Gasteiger charge is -2.35. The third-order valence-corrected chi connectivity index (χ3v) is 4.34. The maximum absolute atomic E-state index is 13.8. The van der Waals surface area contributed by atoms with E-state index in [0.717, 1.165) is 26.1 Å². The van der Waals surface area contributed by atoms with Crippen LogP contribution in [0.1, 0.15) is 18.4 Å². The van der Waals surface area contributed by atoms with Crippen LogP contribution < -0.4 is 5.32 Å². The first-order valence-electron chi connectivity index (χ1n) is 7.69. The molecule has 1 heterocycles. The summed E-state index contributed by atoms with van der Waals surface area (Å²) in [5, 5.41) is 3.51. The van der Waals surface area contributed by atoms with Crippen LogP contribution in [0, 0.1) is 5.82 Å². The predicted molar refractivity (Wildman–Crippen MR) is 86.4 cm³/mol. The summed E-state index contributed by atoms with van der Waals surface area (Å²) in [6, 6.07) is 4.76. The highest BCUT2D eigenvalue weighted by Gasteiger charge is 2.22. The van der Waals surface area contributed by atoms with Crippen molar-refractivity contribution in [2.24, 2.45) is 0 Å². The molecule has 0 saturated carbocycles. The van der Waals surface area contributed by atoms with Crippen molar-refractivity contribution in [1.29, 1.82) is 0 Å². The minimum Gasteiger partial charge on any atom is -0.340 e. The van der Waals surface area contributed by atoms with Gasteiger partial charge in [0.2, 0.25) is 5.91 Å². The van der Waals surface area contributed by atoms with Gasteiger partial charge in [-0.3, -0.25) is 9.69 Å². The number of hydrogen-bond acceptors (Lipinski definition) is 3. The third-order valence-electron chi connectivity index (χ3n) is 3.99. The summed E-state index contributed by atoms with van der Waals surface area (Å²) in [6.45, 7) is 4.25. The summed E-state index contributed by atoms with van der Waals surface area (Å²) >= 11 is 6.06. The first-order chi connectivity index (χ1) is 10.6. The number of amides is 1. The molecule has 0 bridgehead atoms. The molecule has 0 aromatic heterocycles. The highest BCUT2D eigenvalue weighted by atomic mass is 35.5. The maximum Gasteiger partial charge on any atom is 0.222 e. The highest BCUT2D eigenvalue weighted by molar-refractivity contribution is 6.31. The highest BCUT2D eigenvalue weighted by Crippen LogP contribution is 2.21. The number of benzene rings is 1. The van der Waals surface area contributed by atoms with Gasteiger partial charge in [-0.2, -0.15) is 0 Å². The van der Waals surface area contributed by atoms with Gasteiger partial charge in [0.25, 0.3) is 0 Å². The van der Waals surface area contributed by atoms with Gasteiger partial charge >= 0.3 is 0 Å². The standard InChI is InChI=1S/C16H23ClFN3O/c1-19-7-3-6-16(22)21-10-8-20(9-11-21)12-13-14(17)4-2-5-15(13)18/h2,4-5,19H,3,6-12H2,1H3. The first-order valence-corrected chi connectivity index (χ1v) is 8.07. The van der Waals surface area contributed by atoms with Gasteiger partial charge in [0.15, 0.2) is 0 Å². The Balaban J connectivity index is 1.81. The van der Waals surface area contributed by atoms with Gasteiger partial charge < -0.3 is 10.2 Å². The second-order valence-corrected chi connectivity index (χ2v) is 5.97. The average molecular weight is 328 g/mol. The summed E-state index contributed by atoms with van der Waals surface area (Å²) in [6.07, 6.45) is 1.44. The lowest BCUT2D eigenvalue weighted by atomic mass is 10.1. The van der Waals surface area contributed by atoms with Crippen LogP contribution in [0.2, 0.25) is 5.02 Å². The molecule has 1 N–H and O–H groups in total. The summed E-state index contributed by atoms with van der Waals surface area (Å²) in [7, 11) is 1.89. The summed E-state index contributed by atoms with van der Waals surface area (Å²) in [5.41, 5.74) is 0.540. The molecule has 2 rings (SSSR count). The summed E-state index contributed by atoms with van der Waals surface area (Å²) in [5.74, 6) is -0.0584. The minimum absolute atomic E-state index is 0.207. The molecular formula is C16H23ClFN3O. The average Bonchev–Trinajstić information content (AvgIpc) is 2.52. The van der Waals surface area contributed by atoms with Crippen molar-refractivity contribution in [3.05, 3.63) is 34.6 Å². The Kier molecular flexibility index (Phi) is 6.61. The molecular weight excluding hydrogens is 305 g/mol. The summed E-state index contributed by atoms with van der Waals surface area (Å²) < 4.78 is 13.8. The number of halogens is 2. The molecule has 1 aromatic carbocycles. The molecule has 1 aromatic rings. The van der Waals surface area contributed by atoms with Gasteiger partial charge in [-0.15, -0.1) is 0 Å². The van der Waals surface area contributed by atoms with Crippen LogP contribution in [0.3, 0.4) is 0 Å². The zero-order valence-corrected chi connectivity index (χ0v) is 13.7. The van der Waals surface area contributed by atoms with Crippen LogP contribution in [-0.2, 0) is 11.3 Å². The van der Waals surface area contributed by atoms with Crippen molar-refractivity contribution in [2.45, 2.75) is 19.4 Å². The lowest BCUT2D eigenvalue weighted by Crippen LogP contribution is -2.48. The molecule has 0 spiro atoms. The van der Waals surface area contributed by atoms with Crippen molar-refractivity contribution in [1.82, 2.24) is 15.1 Å². The lowest BCUT2D eigenvalue weighted by molar-refractivity contribution is -0.133. The number of carbonyl (C=O) groups excluding carboxylic acids is 1. The Hall–Kier alpha value is -1.17. The Bertz CT molecular complexity index is 484. The number of carbonyl (C=O) groups is 1. The molecule has 1 saturated heterocycles. The van der Waals surface area contributed by atoms with Crippen LogP contribution in [-0.4, -0.2) is 55.5 Å². The Morgan fingerprint density at radius 1 is 1.32 bits per heavy atom. The van der Waals surface area contributed by atoms with Gasteiger partial charge in [0.1, 0.15) is 5.82 Å². The summed E-state index contributed by atoms with van der Waals surface area (Å²) in [4.78, 5) is 16.1. The van der Waals surface area contributed by atoms with Crippen molar-refractivity contribution in [3.63, 3.8) is 0 Å². The van der Waals surface area contributed by atoms with E-state index >= 15 is 0 Å². The SMILES string of the molecule is CNCCCC(=O)N1CCN(Cc2c(F)cccc2Cl)CC1. The zero-order chi connectivity index (χ0) is 15.9. The maximum atomic E-state index is 13.8. The number of rotatable bonds is 6. The molecule has 122 valence electrons. The van der Waals surface area contributed by atoms with Gasteiger partial charge in [-0.25, -0.2) is 4.39 Å². The van der Waals surface area contributed by atoms with E-state index in [0.29, 0.717) is 36.6 Å². The van der Waals surface area contributed by atoms with E-state index in [1.54, 1.807) is 12.1 Å². The molecule has 6 heteroatoms. The van der Waals surface area contributed by atoms with E-state index in [1.807, 2.05) is 11.9 Å². The van der Waals surface area contributed by atoms with Crippen molar-refractivity contribution >= 4 is 17.5 Å². The zero-order valence-electron chi connectivity index (χ0n) is 12.9. The van der Waals surface area contributed by atoms with Gasteiger partial charge in [-0.05, 0) is 32.1 Å². The normalized spacial score (nSPS) is 16.0. The molecule has 1 aliphatic heterocycles. The molecule has 1 amide bonds. The largest absolute Gasteiger partial charge is 0.340 e. The number of hydrogen-bond donors (Lipinski definition) is 1. The fourth-order valence-corrected chi connectivity index (χ4v) is 2.86.